The van der Waals surface area contributed by atoms with E-state index in [0.717, 1.165) is 15.3 Å². The van der Waals surface area contributed by atoms with Crippen LogP contribution in [-0.4, -0.2) is 22.8 Å². The van der Waals surface area contributed by atoms with Crippen LogP contribution in [0.25, 0.3) is 11.0 Å². The number of ether oxygens (including phenoxy) is 1. The third-order valence-electron chi connectivity index (χ3n) is 4.88. The fourth-order valence-corrected chi connectivity index (χ4v) is 4.42. The van der Waals surface area contributed by atoms with Gasteiger partial charge in [0, 0.05) is 17.3 Å². The van der Waals surface area contributed by atoms with Crippen molar-refractivity contribution in [1.82, 2.24) is 15.1 Å². The number of furan rings is 1. The molecule has 0 fully saturated rings. The minimum Gasteiger partial charge on any atom is -0.493 e. The molecule has 154 valence electrons. The Kier molecular flexibility index (Phi) is 5.55. The van der Waals surface area contributed by atoms with E-state index in [9.17, 15) is 4.79 Å². The van der Waals surface area contributed by atoms with E-state index in [0.29, 0.717) is 28.4 Å². The van der Waals surface area contributed by atoms with E-state index < -0.39 is 0 Å². The number of nitrogens with one attached hydrogen (secondary N) is 1. The summed E-state index contributed by atoms with van der Waals surface area (Å²) in [7, 11) is 3.46. The van der Waals surface area contributed by atoms with Gasteiger partial charge in [-0.2, -0.15) is 5.10 Å². The second kappa shape index (κ2) is 8.28. The number of fused-ring (bicyclic) bond motifs is 1. The molecule has 0 saturated carbocycles. The summed E-state index contributed by atoms with van der Waals surface area (Å²) < 4.78 is 13.1. The van der Waals surface area contributed by atoms with E-state index in [4.69, 9.17) is 9.15 Å². The monoisotopic (exact) mass is 421 g/mol. The largest absolute Gasteiger partial charge is 0.493 e. The predicted molar refractivity (Wildman–Crippen MR) is 117 cm³/mol. The van der Waals surface area contributed by atoms with Gasteiger partial charge in [-0.1, -0.05) is 42.1 Å². The van der Waals surface area contributed by atoms with Crippen LogP contribution < -0.4 is 10.1 Å². The molecule has 1 N–H and O–H groups in total. The fraction of sp³-hybridized carbons (Fsp3) is 0.217. The number of benzene rings is 2. The third-order valence-corrected chi connectivity index (χ3v) is 6.05. The number of nitrogens with zero attached hydrogens (tertiary/aromatic N) is 2. The molecule has 2 aromatic heterocycles. The zero-order valence-electron chi connectivity index (χ0n) is 17.3. The number of aryl methyl sites for hydroxylation is 2. The molecule has 1 amide bonds. The molecule has 0 spiro atoms. The quantitative estimate of drug-likeness (QED) is 0.468. The lowest BCUT2D eigenvalue weighted by Crippen LogP contribution is -2.27. The molecular formula is C23H23N3O3S. The molecule has 0 aliphatic carbocycles. The fourth-order valence-electron chi connectivity index (χ4n) is 3.39. The Morgan fingerprint density at radius 3 is 2.70 bits per heavy atom. The van der Waals surface area contributed by atoms with Crippen LogP contribution in [0.2, 0.25) is 0 Å². The molecule has 6 nitrogen and oxygen atoms in total. The standard InChI is InChI=1S/C23H23N3O3S/c1-14(19-13-16-9-8-12-18(28-4)21(16)29-19)24-22(27)20-15(2)25-26(3)23(20)30-17-10-6-5-7-11-17/h5-14H,1-4H3,(H,24,27). The Balaban J connectivity index is 1.60. The van der Waals surface area contributed by atoms with Crippen LogP contribution in [0, 0.1) is 6.92 Å². The van der Waals surface area contributed by atoms with Gasteiger partial charge in [-0.25, -0.2) is 0 Å². The van der Waals surface area contributed by atoms with Crippen molar-refractivity contribution in [3.8, 4) is 5.75 Å². The third kappa shape index (κ3) is 3.80. The van der Waals surface area contributed by atoms with E-state index in [2.05, 4.69) is 10.4 Å². The average molecular weight is 422 g/mol. The molecular weight excluding hydrogens is 398 g/mol. The number of carbonyl (C=O) groups is 1. The zero-order chi connectivity index (χ0) is 21.3. The highest BCUT2D eigenvalue weighted by Gasteiger charge is 2.24. The topological polar surface area (TPSA) is 69.3 Å². The van der Waals surface area contributed by atoms with Crippen LogP contribution >= 0.6 is 11.8 Å². The zero-order valence-corrected chi connectivity index (χ0v) is 18.1. The lowest BCUT2D eigenvalue weighted by atomic mass is 10.2. The smallest absolute Gasteiger partial charge is 0.256 e. The normalized spacial score (nSPS) is 12.1. The molecule has 2 aromatic carbocycles. The number of carbonyl (C=O) groups excluding carboxylic acids is 1. The van der Waals surface area contributed by atoms with Gasteiger partial charge in [0.25, 0.3) is 5.91 Å². The average Bonchev–Trinajstić information content (AvgIpc) is 3.29. The summed E-state index contributed by atoms with van der Waals surface area (Å²) in [5, 5.41) is 9.25. The van der Waals surface area contributed by atoms with Gasteiger partial charge in [-0.3, -0.25) is 9.48 Å². The minimum atomic E-state index is -0.316. The van der Waals surface area contributed by atoms with Crippen molar-refractivity contribution in [2.75, 3.05) is 7.11 Å². The van der Waals surface area contributed by atoms with Gasteiger partial charge in [-0.15, -0.1) is 0 Å². The molecule has 4 rings (SSSR count). The molecule has 0 bridgehead atoms. The molecule has 4 aromatic rings. The van der Waals surface area contributed by atoms with Gasteiger partial charge in [0.2, 0.25) is 0 Å². The Labute approximate surface area is 179 Å². The van der Waals surface area contributed by atoms with Gasteiger partial charge in [0.1, 0.15) is 10.8 Å². The summed E-state index contributed by atoms with van der Waals surface area (Å²) in [6, 6.07) is 17.3. The Morgan fingerprint density at radius 1 is 1.20 bits per heavy atom. The summed E-state index contributed by atoms with van der Waals surface area (Å²) in [4.78, 5) is 14.2. The van der Waals surface area contributed by atoms with Crippen LogP contribution in [0.1, 0.15) is 34.8 Å². The SMILES string of the molecule is COc1cccc2cc(C(C)NC(=O)c3c(C)nn(C)c3Sc3ccccc3)oc12. The molecule has 0 aliphatic heterocycles. The lowest BCUT2D eigenvalue weighted by Gasteiger charge is -2.12. The van der Waals surface area contributed by atoms with E-state index in [1.165, 1.54) is 11.8 Å². The van der Waals surface area contributed by atoms with Gasteiger partial charge in [0.15, 0.2) is 11.3 Å². The van der Waals surface area contributed by atoms with Gasteiger partial charge >= 0.3 is 0 Å². The predicted octanol–water partition coefficient (Wildman–Crippen LogP) is 5.13. The van der Waals surface area contributed by atoms with Crippen LogP contribution in [-0.2, 0) is 7.05 Å². The van der Waals surface area contributed by atoms with Crippen molar-refractivity contribution in [2.24, 2.45) is 7.05 Å². The molecule has 2 heterocycles. The van der Waals surface area contributed by atoms with E-state index in [1.54, 1.807) is 11.8 Å². The van der Waals surface area contributed by atoms with Crippen molar-refractivity contribution < 1.29 is 13.9 Å². The number of para-hydroxylation sites is 1. The van der Waals surface area contributed by atoms with Gasteiger partial charge < -0.3 is 14.5 Å². The van der Waals surface area contributed by atoms with Crippen molar-refractivity contribution in [3.05, 3.63) is 71.6 Å². The number of rotatable bonds is 6. The van der Waals surface area contributed by atoms with Gasteiger partial charge in [-0.05, 0) is 38.1 Å². The Bertz CT molecular complexity index is 1200. The number of hydrogen-bond acceptors (Lipinski definition) is 5. The first kappa shape index (κ1) is 20.1. The highest BCUT2D eigenvalue weighted by molar-refractivity contribution is 7.99. The van der Waals surface area contributed by atoms with Gasteiger partial charge in [0.05, 0.1) is 24.4 Å². The van der Waals surface area contributed by atoms with Crippen LogP contribution in [0.15, 0.2) is 68.9 Å². The van der Waals surface area contributed by atoms with E-state index in [1.807, 2.05) is 75.5 Å². The van der Waals surface area contributed by atoms with Crippen LogP contribution in [0.4, 0.5) is 0 Å². The number of aromatic nitrogens is 2. The number of methoxy groups -OCH3 is 1. The van der Waals surface area contributed by atoms with Crippen molar-refractivity contribution in [1.29, 1.82) is 0 Å². The Morgan fingerprint density at radius 2 is 1.97 bits per heavy atom. The minimum absolute atomic E-state index is 0.182. The van der Waals surface area contributed by atoms with Crippen LogP contribution in [0.5, 0.6) is 5.75 Å². The maximum Gasteiger partial charge on any atom is 0.256 e. The van der Waals surface area contributed by atoms with Crippen molar-refractivity contribution >= 4 is 28.6 Å². The molecule has 0 radical (unpaired) electrons. The molecule has 1 unspecified atom stereocenters. The van der Waals surface area contributed by atoms with E-state index in [-0.39, 0.29) is 11.9 Å². The number of amides is 1. The molecule has 1 atom stereocenters. The second-order valence-corrected chi connectivity index (χ2v) is 8.09. The first-order valence-corrected chi connectivity index (χ1v) is 10.4. The van der Waals surface area contributed by atoms with Crippen molar-refractivity contribution in [3.63, 3.8) is 0 Å². The summed E-state index contributed by atoms with van der Waals surface area (Å²) in [6.07, 6.45) is 0. The summed E-state index contributed by atoms with van der Waals surface area (Å²) in [5.74, 6) is 1.16. The highest BCUT2D eigenvalue weighted by atomic mass is 32.2. The van der Waals surface area contributed by atoms with Crippen molar-refractivity contribution in [2.45, 2.75) is 29.8 Å². The second-order valence-electron chi connectivity index (χ2n) is 7.03. The number of hydrogen-bond donors (Lipinski definition) is 1. The Hall–Kier alpha value is -3.19. The molecule has 7 heteroatoms. The molecule has 0 aliphatic rings. The highest BCUT2D eigenvalue weighted by Crippen LogP contribution is 2.33. The lowest BCUT2D eigenvalue weighted by molar-refractivity contribution is 0.0931. The molecule has 30 heavy (non-hydrogen) atoms. The first-order chi connectivity index (χ1) is 14.5. The van der Waals surface area contributed by atoms with Crippen LogP contribution in [0.3, 0.4) is 0 Å². The molecule has 0 saturated heterocycles. The maximum absolute atomic E-state index is 13.2. The summed E-state index contributed by atoms with van der Waals surface area (Å²) in [6.45, 7) is 3.75. The summed E-state index contributed by atoms with van der Waals surface area (Å²) in [5.41, 5.74) is 1.94. The maximum atomic E-state index is 13.2. The summed E-state index contributed by atoms with van der Waals surface area (Å²) >= 11 is 1.52. The first-order valence-electron chi connectivity index (χ1n) is 9.61. The van der Waals surface area contributed by atoms with E-state index >= 15 is 0 Å².